The topological polar surface area (TPSA) is 70.7 Å². The Hall–Kier alpha value is -2.60. The monoisotopic (exact) mass is 397 g/mol. The second-order valence-electron chi connectivity index (χ2n) is 8.84. The lowest BCUT2D eigenvalue weighted by molar-refractivity contribution is 0.423. The highest BCUT2D eigenvalue weighted by molar-refractivity contribution is 7.14. The van der Waals surface area contributed by atoms with Crippen molar-refractivity contribution in [2.24, 2.45) is 5.10 Å². The third-order valence-electron chi connectivity index (χ3n) is 4.42. The molecule has 3 aromatic rings. The van der Waals surface area contributed by atoms with Crippen molar-refractivity contribution in [3.63, 3.8) is 0 Å². The van der Waals surface area contributed by atoms with E-state index in [2.05, 4.69) is 57.1 Å². The number of nitrogens with one attached hydrogen (secondary N) is 1. The normalized spacial score (nSPS) is 12.6. The molecule has 0 aliphatic heterocycles. The van der Waals surface area contributed by atoms with Crippen molar-refractivity contribution in [3.05, 3.63) is 52.8 Å². The Kier molecular flexibility index (Phi) is 5.35. The number of phenolic OH excluding ortho intramolecular Hbond substituents is 1. The molecule has 2 N–H and O–H groups in total. The fourth-order valence-corrected chi connectivity index (χ4v) is 3.57. The van der Waals surface area contributed by atoms with Gasteiger partial charge in [-0.05, 0) is 35.1 Å². The summed E-state index contributed by atoms with van der Waals surface area (Å²) in [5.74, 6) is 1.05. The van der Waals surface area contributed by atoms with Gasteiger partial charge in [0.1, 0.15) is 11.5 Å². The standard InChI is InChI=1S/C22H27N3O2S/c1-21(2,3)16-10-14(11-17(19(16)26)22(4,5)6)18-13-28-20(24-18)25-23-12-15-8-7-9-27-15/h7-13,26H,1-6H3,(H,24,25). The van der Waals surface area contributed by atoms with Crippen LogP contribution in [0.15, 0.2) is 45.4 Å². The van der Waals surface area contributed by atoms with Crippen LogP contribution in [0.5, 0.6) is 5.75 Å². The molecule has 28 heavy (non-hydrogen) atoms. The Morgan fingerprint density at radius 1 is 1.11 bits per heavy atom. The van der Waals surface area contributed by atoms with Crippen LogP contribution in [0.2, 0.25) is 0 Å². The number of phenols is 1. The number of hydrazone groups is 1. The van der Waals surface area contributed by atoms with E-state index in [0.717, 1.165) is 22.4 Å². The van der Waals surface area contributed by atoms with Crippen molar-refractivity contribution < 1.29 is 9.52 Å². The summed E-state index contributed by atoms with van der Waals surface area (Å²) in [6.45, 7) is 12.6. The Labute approximate surface area is 170 Å². The van der Waals surface area contributed by atoms with E-state index < -0.39 is 0 Å². The van der Waals surface area contributed by atoms with E-state index in [1.807, 2.05) is 29.6 Å². The van der Waals surface area contributed by atoms with Gasteiger partial charge in [0.15, 0.2) is 0 Å². The first-order valence-corrected chi connectivity index (χ1v) is 10.1. The molecule has 0 atom stereocenters. The molecule has 0 saturated heterocycles. The van der Waals surface area contributed by atoms with Crippen LogP contribution < -0.4 is 5.43 Å². The van der Waals surface area contributed by atoms with Crippen molar-refractivity contribution in [2.45, 2.75) is 52.4 Å². The van der Waals surface area contributed by atoms with E-state index in [0.29, 0.717) is 16.6 Å². The molecule has 5 nitrogen and oxygen atoms in total. The molecule has 0 aliphatic carbocycles. The van der Waals surface area contributed by atoms with Gasteiger partial charge in [-0.2, -0.15) is 5.10 Å². The number of hydrogen-bond donors (Lipinski definition) is 2. The number of anilines is 1. The highest BCUT2D eigenvalue weighted by Crippen LogP contribution is 2.42. The van der Waals surface area contributed by atoms with Crippen LogP contribution in [-0.2, 0) is 10.8 Å². The lowest BCUT2D eigenvalue weighted by Gasteiger charge is -2.28. The van der Waals surface area contributed by atoms with Crippen LogP contribution in [0, 0.1) is 0 Å². The van der Waals surface area contributed by atoms with Gasteiger partial charge < -0.3 is 9.52 Å². The maximum absolute atomic E-state index is 10.9. The zero-order valence-electron chi connectivity index (χ0n) is 17.2. The molecule has 2 heterocycles. The van der Waals surface area contributed by atoms with E-state index in [-0.39, 0.29) is 10.8 Å². The zero-order valence-corrected chi connectivity index (χ0v) is 18.0. The quantitative estimate of drug-likeness (QED) is 0.409. The molecule has 2 aromatic heterocycles. The predicted octanol–water partition coefficient (Wildman–Crippen LogP) is 6.15. The summed E-state index contributed by atoms with van der Waals surface area (Å²) in [6, 6.07) is 7.72. The van der Waals surface area contributed by atoms with Crippen molar-refractivity contribution in [3.8, 4) is 17.0 Å². The number of hydrogen-bond acceptors (Lipinski definition) is 6. The summed E-state index contributed by atoms with van der Waals surface area (Å²) in [6.07, 6.45) is 3.21. The molecule has 0 bridgehead atoms. The lowest BCUT2D eigenvalue weighted by atomic mass is 9.78. The van der Waals surface area contributed by atoms with Gasteiger partial charge in [-0.25, -0.2) is 4.98 Å². The Morgan fingerprint density at radius 3 is 2.29 bits per heavy atom. The number of benzene rings is 1. The highest BCUT2D eigenvalue weighted by atomic mass is 32.1. The second-order valence-corrected chi connectivity index (χ2v) is 9.70. The predicted molar refractivity (Wildman–Crippen MR) is 117 cm³/mol. The number of nitrogens with zero attached hydrogens (tertiary/aromatic N) is 2. The minimum Gasteiger partial charge on any atom is -0.507 e. The molecule has 148 valence electrons. The van der Waals surface area contributed by atoms with E-state index >= 15 is 0 Å². The number of thiazole rings is 1. The lowest BCUT2D eigenvalue weighted by Crippen LogP contribution is -2.17. The number of rotatable bonds is 4. The first-order chi connectivity index (χ1) is 13.1. The van der Waals surface area contributed by atoms with Crippen LogP contribution >= 0.6 is 11.3 Å². The average molecular weight is 398 g/mol. The van der Waals surface area contributed by atoms with E-state index in [9.17, 15) is 5.11 Å². The summed E-state index contributed by atoms with van der Waals surface area (Å²) in [4.78, 5) is 4.66. The molecule has 0 spiro atoms. The zero-order chi connectivity index (χ0) is 20.5. The number of furan rings is 1. The molecule has 3 rings (SSSR count). The fraction of sp³-hybridized carbons (Fsp3) is 0.364. The highest BCUT2D eigenvalue weighted by Gasteiger charge is 2.27. The van der Waals surface area contributed by atoms with Gasteiger partial charge in [0.25, 0.3) is 0 Å². The van der Waals surface area contributed by atoms with Crippen LogP contribution in [0.4, 0.5) is 5.13 Å². The van der Waals surface area contributed by atoms with Crippen LogP contribution in [0.3, 0.4) is 0 Å². The van der Waals surface area contributed by atoms with Gasteiger partial charge in [0, 0.05) is 22.1 Å². The maximum atomic E-state index is 10.9. The summed E-state index contributed by atoms with van der Waals surface area (Å²) in [5.41, 5.74) is 6.29. The van der Waals surface area contributed by atoms with Crippen molar-refractivity contribution >= 4 is 22.7 Å². The summed E-state index contributed by atoms with van der Waals surface area (Å²) >= 11 is 1.48. The first-order valence-electron chi connectivity index (χ1n) is 9.22. The van der Waals surface area contributed by atoms with Crippen molar-refractivity contribution in [1.82, 2.24) is 4.98 Å². The molecule has 0 amide bonds. The van der Waals surface area contributed by atoms with E-state index in [4.69, 9.17) is 4.42 Å². The Balaban J connectivity index is 1.94. The maximum Gasteiger partial charge on any atom is 0.203 e. The fourth-order valence-electron chi connectivity index (χ4n) is 2.90. The summed E-state index contributed by atoms with van der Waals surface area (Å²) < 4.78 is 5.22. The van der Waals surface area contributed by atoms with Crippen LogP contribution in [0.25, 0.3) is 11.3 Å². The minimum absolute atomic E-state index is 0.176. The smallest absolute Gasteiger partial charge is 0.203 e. The third-order valence-corrected chi connectivity index (χ3v) is 5.17. The van der Waals surface area contributed by atoms with E-state index in [1.165, 1.54) is 11.3 Å². The molecule has 0 unspecified atom stereocenters. The Bertz CT molecular complexity index is 939. The Morgan fingerprint density at radius 2 is 1.75 bits per heavy atom. The largest absolute Gasteiger partial charge is 0.507 e. The molecule has 6 heteroatoms. The van der Waals surface area contributed by atoms with Gasteiger partial charge in [0.2, 0.25) is 5.13 Å². The first kappa shape index (κ1) is 20.1. The number of aromatic nitrogens is 1. The summed E-state index contributed by atoms with van der Waals surface area (Å²) in [7, 11) is 0. The van der Waals surface area contributed by atoms with Gasteiger partial charge in [-0.15, -0.1) is 11.3 Å². The van der Waals surface area contributed by atoms with Crippen LogP contribution in [-0.4, -0.2) is 16.3 Å². The molecule has 0 radical (unpaired) electrons. The van der Waals surface area contributed by atoms with E-state index in [1.54, 1.807) is 12.5 Å². The third kappa shape index (κ3) is 4.44. The van der Waals surface area contributed by atoms with Gasteiger partial charge in [-0.3, -0.25) is 5.43 Å². The molecular weight excluding hydrogens is 370 g/mol. The van der Waals surface area contributed by atoms with Crippen molar-refractivity contribution in [2.75, 3.05) is 5.43 Å². The SMILES string of the molecule is CC(C)(C)c1cc(-c2csc(NN=Cc3ccco3)n2)cc(C(C)(C)C)c1O. The summed E-state index contributed by atoms with van der Waals surface area (Å²) in [5, 5.41) is 17.7. The van der Waals surface area contributed by atoms with Crippen molar-refractivity contribution in [1.29, 1.82) is 0 Å². The van der Waals surface area contributed by atoms with Gasteiger partial charge >= 0.3 is 0 Å². The van der Waals surface area contributed by atoms with Gasteiger partial charge in [-0.1, -0.05) is 41.5 Å². The minimum atomic E-state index is -0.176. The molecular formula is C22H27N3O2S. The average Bonchev–Trinajstić information content (AvgIpc) is 3.25. The number of aromatic hydroxyl groups is 1. The van der Waals surface area contributed by atoms with Crippen LogP contribution in [0.1, 0.15) is 58.4 Å². The molecule has 1 aromatic carbocycles. The van der Waals surface area contributed by atoms with Gasteiger partial charge in [0.05, 0.1) is 18.2 Å². The molecule has 0 aliphatic rings. The molecule has 0 saturated carbocycles. The second kappa shape index (κ2) is 7.43. The molecule has 0 fully saturated rings.